The number of rotatable bonds is 0. The molecule has 0 fully saturated rings. The van der Waals surface area contributed by atoms with Crippen LogP contribution in [0.25, 0.3) is 0 Å². The minimum atomic E-state index is 0. The maximum absolute atomic E-state index is 4.16. The summed E-state index contributed by atoms with van der Waals surface area (Å²) >= 11 is 0. The zero-order chi connectivity index (χ0) is 4.41. The van der Waals surface area contributed by atoms with Crippen molar-refractivity contribution in [3.05, 3.63) is 11.9 Å². The molecule has 0 aliphatic carbocycles. The fourth-order valence-corrected chi connectivity index (χ4v) is 0.189. The molecule has 0 aromatic carbocycles. The molecule has 0 saturated carbocycles. The standard InChI is InChI=1S/C3H3N2O.Y/c1-3-2-4-6-5-3;/h1H3;/q-1;+3. The van der Waals surface area contributed by atoms with E-state index < -0.39 is 0 Å². The summed E-state index contributed by atoms with van der Waals surface area (Å²) < 4.78 is 4.16. The molecule has 0 radical (unpaired) electrons. The van der Waals surface area contributed by atoms with Crippen LogP contribution in [0, 0.1) is 13.1 Å². The molecule has 0 unspecified atom stereocenters. The van der Waals surface area contributed by atoms with Gasteiger partial charge in [-0.05, 0) is 0 Å². The van der Waals surface area contributed by atoms with Crippen LogP contribution in [0.1, 0.15) is 5.69 Å². The van der Waals surface area contributed by atoms with Crippen LogP contribution in [-0.4, -0.2) is 10.3 Å². The smallest absolute Gasteiger partial charge is 0.297 e. The van der Waals surface area contributed by atoms with Gasteiger partial charge in [0, 0.05) is 0 Å². The first-order valence-corrected chi connectivity index (χ1v) is 1.56. The Labute approximate surface area is 66.3 Å². The molecule has 32 valence electrons. The normalized spacial score (nSPS) is 7.57. The molecule has 0 aliphatic heterocycles. The zero-order valence-corrected chi connectivity index (χ0v) is 6.72. The summed E-state index contributed by atoms with van der Waals surface area (Å²) in [5, 5.41) is 6.59. The molecule has 1 aromatic rings. The van der Waals surface area contributed by atoms with Gasteiger partial charge in [0.25, 0.3) is 0 Å². The number of hydrogen-bond acceptors (Lipinski definition) is 3. The summed E-state index contributed by atoms with van der Waals surface area (Å²) in [6.45, 7) is 1.76. The van der Waals surface area contributed by atoms with E-state index in [9.17, 15) is 0 Å². The second-order valence-corrected chi connectivity index (χ2v) is 0.961. The van der Waals surface area contributed by atoms with E-state index in [1.807, 2.05) is 0 Å². The minimum absolute atomic E-state index is 0. The van der Waals surface area contributed by atoms with Gasteiger partial charge in [-0.1, -0.05) is 17.8 Å². The van der Waals surface area contributed by atoms with Crippen molar-refractivity contribution in [3.63, 3.8) is 0 Å². The molecule has 0 saturated heterocycles. The van der Waals surface area contributed by atoms with E-state index in [0.29, 0.717) is 5.69 Å². The minimum Gasteiger partial charge on any atom is -0.297 e. The molecule has 0 N–H and O–H groups in total. The van der Waals surface area contributed by atoms with Gasteiger partial charge in [-0.2, -0.15) is 0 Å². The number of aryl methyl sites for hydroxylation is 1. The molecule has 0 spiro atoms. The summed E-state index contributed by atoms with van der Waals surface area (Å²) in [7, 11) is 0. The fourth-order valence-electron chi connectivity index (χ4n) is 0.189. The number of aromatic nitrogens is 2. The summed E-state index contributed by atoms with van der Waals surface area (Å²) in [4.78, 5) is 0. The van der Waals surface area contributed by atoms with Crippen LogP contribution in [0.2, 0.25) is 0 Å². The number of nitrogens with zero attached hydrogens (tertiary/aromatic N) is 2. The van der Waals surface area contributed by atoms with Gasteiger partial charge in [-0.15, -0.1) is 0 Å². The maximum Gasteiger partial charge on any atom is 3.00 e. The van der Waals surface area contributed by atoms with E-state index in [1.54, 1.807) is 6.92 Å². The van der Waals surface area contributed by atoms with E-state index >= 15 is 0 Å². The van der Waals surface area contributed by atoms with Gasteiger partial charge < -0.3 is 0 Å². The number of hydrogen-bond donors (Lipinski definition) is 0. The van der Waals surface area contributed by atoms with Crippen molar-refractivity contribution < 1.29 is 37.3 Å². The van der Waals surface area contributed by atoms with Crippen molar-refractivity contribution in [2.45, 2.75) is 6.92 Å². The second-order valence-electron chi connectivity index (χ2n) is 0.961. The average molecular weight is 172 g/mol. The van der Waals surface area contributed by atoms with Gasteiger partial charge in [-0.3, -0.25) is 16.0 Å². The monoisotopic (exact) mass is 172 g/mol. The fraction of sp³-hybridized carbons (Fsp3) is 0.333. The van der Waals surface area contributed by atoms with Crippen molar-refractivity contribution in [2.24, 2.45) is 0 Å². The topological polar surface area (TPSA) is 38.9 Å². The predicted octanol–water partition coefficient (Wildman–Crippen LogP) is 0.176. The van der Waals surface area contributed by atoms with Crippen LogP contribution in [0.4, 0.5) is 0 Å². The van der Waals surface area contributed by atoms with E-state index in [4.69, 9.17) is 0 Å². The van der Waals surface area contributed by atoms with Crippen molar-refractivity contribution in [1.82, 2.24) is 10.3 Å². The van der Waals surface area contributed by atoms with E-state index in [-0.39, 0.29) is 32.7 Å². The molecular formula is C3H3N2OY+2. The third-order valence-corrected chi connectivity index (χ3v) is 0.426. The molecule has 7 heavy (non-hydrogen) atoms. The van der Waals surface area contributed by atoms with Crippen LogP contribution in [0.15, 0.2) is 4.63 Å². The Balaban J connectivity index is 0.000000360. The molecule has 1 aromatic heterocycles. The van der Waals surface area contributed by atoms with Crippen molar-refractivity contribution in [3.8, 4) is 0 Å². The molecule has 0 atom stereocenters. The molecule has 3 nitrogen and oxygen atoms in total. The molecule has 0 aliphatic rings. The molecule has 4 heteroatoms. The molecule has 0 amide bonds. The molecule has 1 heterocycles. The molecular weight excluding hydrogens is 169 g/mol. The summed E-state index contributed by atoms with van der Waals surface area (Å²) in [6.07, 6.45) is 2.47. The van der Waals surface area contributed by atoms with Gasteiger partial charge in [0.15, 0.2) is 0 Å². The summed E-state index contributed by atoms with van der Waals surface area (Å²) in [6, 6.07) is 0. The first-order valence-electron chi connectivity index (χ1n) is 1.56. The summed E-state index contributed by atoms with van der Waals surface area (Å²) in [5.41, 5.74) is 0.690. The van der Waals surface area contributed by atoms with Crippen molar-refractivity contribution >= 4 is 0 Å². The van der Waals surface area contributed by atoms with Crippen LogP contribution in [0.3, 0.4) is 0 Å². The third-order valence-electron chi connectivity index (χ3n) is 0.426. The van der Waals surface area contributed by atoms with Crippen LogP contribution in [-0.2, 0) is 32.7 Å². The van der Waals surface area contributed by atoms with Gasteiger partial charge in [0.2, 0.25) is 0 Å². The Morgan fingerprint density at radius 1 is 1.71 bits per heavy atom. The van der Waals surface area contributed by atoms with E-state index in [2.05, 4.69) is 21.1 Å². The van der Waals surface area contributed by atoms with Crippen molar-refractivity contribution in [2.75, 3.05) is 0 Å². The first-order chi connectivity index (χ1) is 2.89. The Morgan fingerprint density at radius 3 is 2.57 bits per heavy atom. The average Bonchev–Trinajstić information content (AvgIpc) is 1.86. The van der Waals surface area contributed by atoms with Gasteiger partial charge in [0.1, 0.15) is 0 Å². The van der Waals surface area contributed by atoms with Crippen LogP contribution in [0.5, 0.6) is 0 Å². The van der Waals surface area contributed by atoms with Gasteiger partial charge >= 0.3 is 32.7 Å². The Morgan fingerprint density at radius 2 is 2.43 bits per heavy atom. The Bertz CT molecular complexity index is 116. The third kappa shape index (κ3) is 2.14. The largest absolute Gasteiger partial charge is 3.00 e. The predicted molar refractivity (Wildman–Crippen MR) is 17.9 cm³/mol. The maximum atomic E-state index is 4.16. The quantitative estimate of drug-likeness (QED) is 0.523. The molecule has 1 rings (SSSR count). The molecule has 0 bridgehead atoms. The zero-order valence-electron chi connectivity index (χ0n) is 3.88. The Hall–Kier alpha value is 0.244. The first kappa shape index (κ1) is 7.24. The Kier molecular flexibility index (Phi) is 3.39. The van der Waals surface area contributed by atoms with Crippen molar-refractivity contribution in [1.29, 1.82) is 0 Å². The van der Waals surface area contributed by atoms with E-state index in [0.717, 1.165) is 0 Å². The van der Waals surface area contributed by atoms with Gasteiger partial charge in [0.05, 0.1) is 0 Å². The SMILES string of the molecule is Cc1[c-]non1.[Y+3]. The summed E-state index contributed by atoms with van der Waals surface area (Å²) in [5.74, 6) is 0. The second kappa shape index (κ2) is 3.27. The van der Waals surface area contributed by atoms with Crippen LogP contribution >= 0.6 is 0 Å². The van der Waals surface area contributed by atoms with Crippen LogP contribution < -0.4 is 0 Å². The van der Waals surface area contributed by atoms with E-state index in [1.165, 1.54) is 0 Å². The van der Waals surface area contributed by atoms with Gasteiger partial charge in [-0.25, -0.2) is 0 Å².